The summed E-state index contributed by atoms with van der Waals surface area (Å²) in [7, 11) is 0. The van der Waals surface area contributed by atoms with Gasteiger partial charge in [0.1, 0.15) is 0 Å². The molecule has 1 aliphatic rings. The summed E-state index contributed by atoms with van der Waals surface area (Å²) < 4.78 is 5.23. The smallest absolute Gasteiger partial charge is 0.0617 e. The van der Waals surface area contributed by atoms with Gasteiger partial charge in [0.25, 0.3) is 0 Å². The second-order valence-electron chi connectivity index (χ2n) is 2.51. The average molecular weight is 143 g/mol. The second kappa shape index (κ2) is 5.45. The van der Waals surface area contributed by atoms with E-state index in [4.69, 9.17) is 4.74 Å². The molecule has 0 aromatic heterocycles. The van der Waals surface area contributed by atoms with Crippen LogP contribution in [0.5, 0.6) is 0 Å². The zero-order chi connectivity index (χ0) is 7.98. The van der Waals surface area contributed by atoms with E-state index in [1.807, 2.05) is 0 Å². The fourth-order valence-electron chi connectivity index (χ4n) is 1.00. The number of rotatable bonds is 0. The van der Waals surface area contributed by atoms with Gasteiger partial charge in [0, 0.05) is 12.1 Å². The Balaban J connectivity index is 0.000000371. The number of hydrogen-bond donors (Lipinski definition) is 1. The summed E-state index contributed by atoms with van der Waals surface area (Å²) >= 11 is 0. The molecule has 10 heavy (non-hydrogen) atoms. The Bertz CT molecular complexity index is 77.3. The monoisotopic (exact) mass is 143 g/mol. The summed E-state index contributed by atoms with van der Waals surface area (Å²) in [5.41, 5.74) is 0. The topological polar surface area (TPSA) is 21.3 Å². The molecule has 1 saturated heterocycles. The molecule has 2 unspecified atom stereocenters. The van der Waals surface area contributed by atoms with Crippen LogP contribution in [0.25, 0.3) is 0 Å². The van der Waals surface area contributed by atoms with E-state index in [2.05, 4.69) is 32.3 Å². The van der Waals surface area contributed by atoms with Crippen molar-refractivity contribution in [2.24, 2.45) is 0 Å². The van der Waals surface area contributed by atoms with Gasteiger partial charge in [-0.05, 0) is 13.8 Å². The van der Waals surface area contributed by atoms with Crippen LogP contribution in [0.3, 0.4) is 0 Å². The first-order chi connectivity index (χ1) is 4.79. The first-order valence-electron chi connectivity index (χ1n) is 3.63. The zero-order valence-corrected chi connectivity index (χ0v) is 6.89. The lowest BCUT2D eigenvalue weighted by Crippen LogP contribution is -2.45. The van der Waals surface area contributed by atoms with E-state index < -0.39 is 0 Å². The van der Waals surface area contributed by atoms with E-state index in [-0.39, 0.29) is 0 Å². The van der Waals surface area contributed by atoms with Crippen LogP contribution < -0.4 is 5.32 Å². The molecule has 1 N–H and O–H groups in total. The van der Waals surface area contributed by atoms with Crippen molar-refractivity contribution in [2.45, 2.75) is 25.9 Å². The van der Waals surface area contributed by atoms with Gasteiger partial charge in [0.05, 0.1) is 13.2 Å². The van der Waals surface area contributed by atoms with E-state index in [0.29, 0.717) is 12.1 Å². The molecule has 0 saturated carbocycles. The van der Waals surface area contributed by atoms with Gasteiger partial charge in [-0.1, -0.05) is 0 Å². The van der Waals surface area contributed by atoms with E-state index in [1.165, 1.54) is 0 Å². The molecule has 2 heteroatoms. The largest absolute Gasteiger partial charge is 0.378 e. The molecule has 60 valence electrons. The Hall–Kier alpha value is -0.340. The van der Waals surface area contributed by atoms with Gasteiger partial charge in [-0.3, -0.25) is 0 Å². The van der Waals surface area contributed by atoms with Crippen LogP contribution in [-0.4, -0.2) is 25.3 Å². The lowest BCUT2D eigenvalue weighted by atomic mass is 10.2. The van der Waals surface area contributed by atoms with Crippen molar-refractivity contribution >= 4 is 0 Å². The SMILES string of the molecule is C=C.CC1COCC(C)N1. The maximum absolute atomic E-state index is 5.23. The molecule has 1 rings (SSSR count). The number of morpholine rings is 1. The Morgan fingerprint density at radius 1 is 1.20 bits per heavy atom. The van der Waals surface area contributed by atoms with Gasteiger partial charge >= 0.3 is 0 Å². The summed E-state index contributed by atoms with van der Waals surface area (Å²) in [5, 5.41) is 3.35. The standard InChI is InChI=1S/C6H13NO.C2H4/c1-5-3-8-4-6(2)7-5;1-2/h5-7H,3-4H2,1-2H3;1-2H2. The van der Waals surface area contributed by atoms with Crippen molar-refractivity contribution in [1.29, 1.82) is 0 Å². The molecule has 2 atom stereocenters. The van der Waals surface area contributed by atoms with Crippen LogP contribution >= 0.6 is 0 Å². The van der Waals surface area contributed by atoms with Crippen LogP contribution in [0, 0.1) is 0 Å². The normalized spacial score (nSPS) is 32.2. The van der Waals surface area contributed by atoms with Crippen LogP contribution in [-0.2, 0) is 4.74 Å². The molecule has 1 aliphatic heterocycles. The number of ether oxygens (including phenoxy) is 1. The van der Waals surface area contributed by atoms with Gasteiger partial charge in [-0.2, -0.15) is 0 Å². The third-order valence-corrected chi connectivity index (χ3v) is 1.30. The fraction of sp³-hybridized carbons (Fsp3) is 0.750. The summed E-state index contributed by atoms with van der Waals surface area (Å²) in [6, 6.07) is 1.08. The van der Waals surface area contributed by atoms with Gasteiger partial charge in [0.2, 0.25) is 0 Å². The molecular formula is C8H17NO. The summed E-state index contributed by atoms with van der Waals surface area (Å²) in [5.74, 6) is 0. The van der Waals surface area contributed by atoms with Gasteiger partial charge in [-0.15, -0.1) is 13.2 Å². The fourth-order valence-corrected chi connectivity index (χ4v) is 1.00. The Morgan fingerprint density at radius 3 is 1.80 bits per heavy atom. The molecule has 2 nitrogen and oxygen atoms in total. The highest BCUT2D eigenvalue weighted by Crippen LogP contribution is 1.96. The van der Waals surface area contributed by atoms with Crippen molar-refractivity contribution in [3.63, 3.8) is 0 Å². The van der Waals surface area contributed by atoms with Gasteiger partial charge < -0.3 is 10.1 Å². The van der Waals surface area contributed by atoms with Crippen molar-refractivity contribution in [3.8, 4) is 0 Å². The van der Waals surface area contributed by atoms with E-state index >= 15 is 0 Å². The Kier molecular flexibility index (Phi) is 5.26. The number of nitrogens with one attached hydrogen (secondary N) is 1. The first kappa shape index (κ1) is 9.66. The minimum atomic E-state index is 0.541. The van der Waals surface area contributed by atoms with Crippen LogP contribution in [0.1, 0.15) is 13.8 Å². The lowest BCUT2D eigenvalue weighted by molar-refractivity contribution is 0.0560. The Labute approximate surface area is 63.3 Å². The molecule has 1 heterocycles. The highest BCUT2D eigenvalue weighted by atomic mass is 16.5. The second-order valence-corrected chi connectivity index (χ2v) is 2.51. The molecule has 0 amide bonds. The average Bonchev–Trinajstić information content (AvgIpc) is 1.91. The predicted molar refractivity (Wildman–Crippen MR) is 44.1 cm³/mol. The Morgan fingerprint density at radius 2 is 1.60 bits per heavy atom. The molecular weight excluding hydrogens is 126 g/mol. The van der Waals surface area contributed by atoms with Crippen molar-refractivity contribution in [1.82, 2.24) is 5.32 Å². The van der Waals surface area contributed by atoms with Crippen LogP contribution in [0.4, 0.5) is 0 Å². The molecule has 0 aromatic carbocycles. The van der Waals surface area contributed by atoms with Crippen LogP contribution in [0.2, 0.25) is 0 Å². The van der Waals surface area contributed by atoms with Crippen molar-refractivity contribution in [2.75, 3.05) is 13.2 Å². The maximum atomic E-state index is 5.23. The highest BCUT2D eigenvalue weighted by Gasteiger charge is 2.12. The van der Waals surface area contributed by atoms with Gasteiger partial charge in [-0.25, -0.2) is 0 Å². The summed E-state index contributed by atoms with van der Waals surface area (Å²) in [4.78, 5) is 0. The predicted octanol–water partition coefficient (Wildman–Crippen LogP) is 1.19. The van der Waals surface area contributed by atoms with E-state index in [0.717, 1.165) is 13.2 Å². The molecule has 0 bridgehead atoms. The molecule has 0 spiro atoms. The third-order valence-electron chi connectivity index (χ3n) is 1.30. The minimum absolute atomic E-state index is 0.541. The highest BCUT2D eigenvalue weighted by molar-refractivity contribution is 4.70. The molecule has 0 aliphatic carbocycles. The quantitative estimate of drug-likeness (QED) is 0.514. The number of hydrogen-bond acceptors (Lipinski definition) is 2. The maximum Gasteiger partial charge on any atom is 0.0617 e. The minimum Gasteiger partial charge on any atom is -0.378 e. The third kappa shape index (κ3) is 3.64. The zero-order valence-electron chi connectivity index (χ0n) is 6.89. The lowest BCUT2D eigenvalue weighted by Gasteiger charge is -2.25. The molecule has 1 fully saturated rings. The summed E-state index contributed by atoms with van der Waals surface area (Å²) in [6.07, 6.45) is 0. The first-order valence-corrected chi connectivity index (χ1v) is 3.63. The van der Waals surface area contributed by atoms with Gasteiger partial charge in [0.15, 0.2) is 0 Å². The van der Waals surface area contributed by atoms with E-state index in [9.17, 15) is 0 Å². The van der Waals surface area contributed by atoms with E-state index in [1.54, 1.807) is 0 Å². The van der Waals surface area contributed by atoms with Crippen LogP contribution in [0.15, 0.2) is 13.2 Å². The molecule has 0 aromatic rings. The van der Waals surface area contributed by atoms with Crippen molar-refractivity contribution in [3.05, 3.63) is 13.2 Å². The van der Waals surface area contributed by atoms with Crippen molar-refractivity contribution < 1.29 is 4.74 Å². The molecule has 0 radical (unpaired) electrons. The summed E-state index contributed by atoms with van der Waals surface area (Å²) in [6.45, 7) is 12.0.